The molecule has 0 atom stereocenters. The van der Waals surface area contributed by atoms with Crippen LogP contribution in [0.1, 0.15) is 48.2 Å². The van der Waals surface area contributed by atoms with E-state index in [1.165, 1.54) is 10.4 Å². The molecule has 176 valence electrons. The monoisotopic (exact) mass is 469 g/mol. The first-order valence-electron chi connectivity index (χ1n) is 11.3. The van der Waals surface area contributed by atoms with Gasteiger partial charge in [-0.25, -0.2) is 8.42 Å². The van der Waals surface area contributed by atoms with Gasteiger partial charge in [-0.1, -0.05) is 32.0 Å². The van der Waals surface area contributed by atoms with E-state index >= 15 is 0 Å². The molecule has 0 spiro atoms. The fourth-order valence-electron chi connectivity index (χ4n) is 3.90. The van der Waals surface area contributed by atoms with Crippen molar-refractivity contribution in [1.29, 1.82) is 0 Å². The van der Waals surface area contributed by atoms with E-state index in [2.05, 4.69) is 5.32 Å². The van der Waals surface area contributed by atoms with Crippen LogP contribution >= 0.6 is 0 Å². The summed E-state index contributed by atoms with van der Waals surface area (Å²) in [5.74, 6) is -0.333. The van der Waals surface area contributed by atoms with Crippen LogP contribution in [0.5, 0.6) is 0 Å². The van der Waals surface area contributed by atoms with Gasteiger partial charge in [0.25, 0.3) is 5.91 Å². The zero-order chi connectivity index (χ0) is 24.0. The standard InChI is InChI=1S/C25H31N3O4S/c1-4-28(5-2)33(31,32)21-14-11-20(12-15-21)13-16-24(29)26-23-10-8-9-22(19(23)3)25(30)27-17-6-7-18-27/h8-16H,4-7,17-18H2,1-3H3,(H,26,29)/b16-13+. The first-order chi connectivity index (χ1) is 15.8. The van der Waals surface area contributed by atoms with Crippen molar-refractivity contribution in [2.45, 2.75) is 38.5 Å². The Morgan fingerprint density at radius 2 is 1.67 bits per heavy atom. The Balaban J connectivity index is 1.68. The van der Waals surface area contributed by atoms with Gasteiger partial charge in [0.1, 0.15) is 0 Å². The normalized spacial score (nSPS) is 14.2. The summed E-state index contributed by atoms with van der Waals surface area (Å²) in [4.78, 5) is 27.3. The lowest BCUT2D eigenvalue weighted by Gasteiger charge is -2.18. The molecule has 0 bridgehead atoms. The van der Waals surface area contributed by atoms with Crippen LogP contribution in [-0.2, 0) is 14.8 Å². The zero-order valence-electron chi connectivity index (χ0n) is 19.4. The van der Waals surface area contributed by atoms with E-state index < -0.39 is 10.0 Å². The molecule has 1 N–H and O–H groups in total. The number of nitrogens with one attached hydrogen (secondary N) is 1. The summed E-state index contributed by atoms with van der Waals surface area (Å²) in [5.41, 5.74) is 2.64. The zero-order valence-corrected chi connectivity index (χ0v) is 20.2. The van der Waals surface area contributed by atoms with E-state index in [0.29, 0.717) is 29.9 Å². The number of carbonyl (C=O) groups excluding carboxylic acids is 2. The summed E-state index contributed by atoms with van der Waals surface area (Å²) in [6, 6.07) is 11.8. The molecule has 1 saturated heterocycles. The molecule has 1 heterocycles. The van der Waals surface area contributed by atoms with Crippen LogP contribution in [0.25, 0.3) is 6.08 Å². The number of carbonyl (C=O) groups is 2. The van der Waals surface area contributed by atoms with Gasteiger partial charge >= 0.3 is 0 Å². The molecule has 2 aromatic rings. The van der Waals surface area contributed by atoms with Crippen LogP contribution < -0.4 is 5.32 Å². The van der Waals surface area contributed by atoms with Gasteiger partial charge in [0.15, 0.2) is 0 Å². The molecule has 2 amide bonds. The van der Waals surface area contributed by atoms with E-state index in [1.807, 2.05) is 11.8 Å². The minimum atomic E-state index is -3.51. The molecule has 33 heavy (non-hydrogen) atoms. The Morgan fingerprint density at radius 1 is 1.03 bits per heavy atom. The predicted molar refractivity (Wildman–Crippen MR) is 131 cm³/mol. The molecule has 1 fully saturated rings. The van der Waals surface area contributed by atoms with Crippen LogP contribution in [0.4, 0.5) is 5.69 Å². The van der Waals surface area contributed by atoms with Gasteiger partial charge in [-0.3, -0.25) is 9.59 Å². The van der Waals surface area contributed by atoms with Gasteiger partial charge in [0, 0.05) is 43.5 Å². The average molecular weight is 470 g/mol. The molecule has 0 radical (unpaired) electrons. The number of rotatable bonds is 8. The predicted octanol–water partition coefficient (Wildman–Crippen LogP) is 3.91. The fourth-order valence-corrected chi connectivity index (χ4v) is 5.36. The molecular weight excluding hydrogens is 438 g/mol. The highest BCUT2D eigenvalue weighted by atomic mass is 32.2. The first kappa shape index (κ1) is 24.7. The molecule has 3 rings (SSSR count). The molecule has 0 unspecified atom stereocenters. The lowest BCUT2D eigenvalue weighted by Crippen LogP contribution is -2.30. The highest BCUT2D eigenvalue weighted by molar-refractivity contribution is 7.89. The van der Waals surface area contributed by atoms with E-state index in [4.69, 9.17) is 0 Å². The summed E-state index contributed by atoms with van der Waals surface area (Å²) in [5, 5.41) is 2.83. The quantitative estimate of drug-likeness (QED) is 0.594. The van der Waals surface area contributed by atoms with Gasteiger partial charge in [0.2, 0.25) is 15.9 Å². The lowest BCUT2D eigenvalue weighted by molar-refractivity contribution is -0.111. The number of sulfonamides is 1. The second-order valence-corrected chi connectivity index (χ2v) is 9.90. The molecule has 2 aromatic carbocycles. The minimum Gasteiger partial charge on any atom is -0.339 e. The summed E-state index contributed by atoms with van der Waals surface area (Å²) in [6.07, 6.45) is 5.06. The van der Waals surface area contributed by atoms with Crippen molar-refractivity contribution in [1.82, 2.24) is 9.21 Å². The average Bonchev–Trinajstić information content (AvgIpc) is 3.35. The Morgan fingerprint density at radius 3 is 2.27 bits per heavy atom. The van der Waals surface area contributed by atoms with Gasteiger partial charge in [0.05, 0.1) is 4.90 Å². The Bertz CT molecular complexity index is 1130. The third-order valence-electron chi connectivity index (χ3n) is 5.87. The van der Waals surface area contributed by atoms with Crippen LogP contribution in [0, 0.1) is 6.92 Å². The highest BCUT2D eigenvalue weighted by Crippen LogP contribution is 2.22. The molecular formula is C25H31N3O4S. The maximum absolute atomic E-state index is 12.7. The van der Waals surface area contributed by atoms with Gasteiger partial charge in [-0.15, -0.1) is 0 Å². The summed E-state index contributed by atoms with van der Waals surface area (Å²) < 4.78 is 26.6. The third kappa shape index (κ3) is 5.69. The molecule has 7 nitrogen and oxygen atoms in total. The summed E-state index contributed by atoms with van der Waals surface area (Å²) in [6.45, 7) is 7.79. The van der Waals surface area contributed by atoms with Crippen molar-refractivity contribution in [3.63, 3.8) is 0 Å². The number of amides is 2. The molecule has 0 aromatic heterocycles. The molecule has 8 heteroatoms. The topological polar surface area (TPSA) is 86.8 Å². The molecule has 1 aliphatic rings. The van der Waals surface area contributed by atoms with Crippen molar-refractivity contribution in [3.8, 4) is 0 Å². The minimum absolute atomic E-state index is 0.00334. The van der Waals surface area contributed by atoms with Crippen LogP contribution in [0.15, 0.2) is 53.4 Å². The van der Waals surface area contributed by atoms with Crippen molar-refractivity contribution in [2.24, 2.45) is 0 Å². The Hall–Kier alpha value is -2.97. The van der Waals surface area contributed by atoms with Crippen molar-refractivity contribution in [2.75, 3.05) is 31.5 Å². The Kier molecular flexibility index (Phi) is 8.05. The van der Waals surface area contributed by atoms with Crippen LogP contribution in [-0.4, -0.2) is 55.6 Å². The maximum Gasteiger partial charge on any atom is 0.254 e. The highest BCUT2D eigenvalue weighted by Gasteiger charge is 2.22. The number of hydrogen-bond donors (Lipinski definition) is 1. The van der Waals surface area contributed by atoms with Crippen molar-refractivity contribution < 1.29 is 18.0 Å². The first-order valence-corrected chi connectivity index (χ1v) is 12.7. The van der Waals surface area contributed by atoms with Gasteiger partial charge < -0.3 is 10.2 Å². The van der Waals surface area contributed by atoms with Crippen LogP contribution in [0.3, 0.4) is 0 Å². The van der Waals surface area contributed by atoms with Crippen molar-refractivity contribution >= 4 is 33.6 Å². The molecule has 0 saturated carbocycles. The van der Waals surface area contributed by atoms with Crippen LogP contribution in [0.2, 0.25) is 0 Å². The number of likely N-dealkylation sites (tertiary alicyclic amines) is 1. The summed E-state index contributed by atoms with van der Waals surface area (Å²) >= 11 is 0. The smallest absolute Gasteiger partial charge is 0.254 e. The van der Waals surface area contributed by atoms with E-state index in [1.54, 1.807) is 62.4 Å². The maximum atomic E-state index is 12.7. The third-order valence-corrected chi connectivity index (χ3v) is 7.93. The van der Waals surface area contributed by atoms with E-state index in [-0.39, 0.29) is 16.7 Å². The van der Waals surface area contributed by atoms with Crippen molar-refractivity contribution in [3.05, 3.63) is 65.2 Å². The Labute approximate surface area is 196 Å². The molecule has 1 aliphatic heterocycles. The molecule has 0 aliphatic carbocycles. The SMILES string of the molecule is CCN(CC)S(=O)(=O)c1ccc(/C=C/C(=O)Nc2cccc(C(=O)N3CCCC3)c2C)cc1. The van der Waals surface area contributed by atoms with Gasteiger partial charge in [-0.2, -0.15) is 4.31 Å². The number of nitrogens with zero attached hydrogens (tertiary/aromatic N) is 2. The second-order valence-electron chi connectivity index (χ2n) is 7.96. The summed E-state index contributed by atoms with van der Waals surface area (Å²) in [7, 11) is -3.51. The fraction of sp³-hybridized carbons (Fsp3) is 0.360. The lowest BCUT2D eigenvalue weighted by atomic mass is 10.1. The largest absolute Gasteiger partial charge is 0.339 e. The number of anilines is 1. The van der Waals surface area contributed by atoms with Gasteiger partial charge in [-0.05, 0) is 61.2 Å². The number of benzene rings is 2. The van der Waals surface area contributed by atoms with E-state index in [0.717, 1.165) is 31.5 Å². The van der Waals surface area contributed by atoms with E-state index in [9.17, 15) is 18.0 Å². The second kappa shape index (κ2) is 10.8. The number of hydrogen-bond acceptors (Lipinski definition) is 4.